The molecule has 2 N–H and O–H groups in total. The lowest BCUT2D eigenvalue weighted by molar-refractivity contribution is -0.147. The Kier molecular flexibility index (Phi) is 4.82. The van der Waals surface area contributed by atoms with Crippen LogP contribution < -0.4 is 5.32 Å². The number of hydrogen-bond donors (Lipinski definition) is 2. The number of hydrogen-bond acceptors (Lipinski definition) is 4. The van der Waals surface area contributed by atoms with Crippen LogP contribution in [0.25, 0.3) is 0 Å². The third-order valence-corrected chi connectivity index (χ3v) is 4.23. The minimum absolute atomic E-state index is 0.0240. The van der Waals surface area contributed by atoms with Gasteiger partial charge in [0.1, 0.15) is 11.2 Å². The van der Waals surface area contributed by atoms with Crippen molar-refractivity contribution in [1.82, 2.24) is 15.3 Å². The predicted octanol–water partition coefficient (Wildman–Crippen LogP) is 2.57. The average Bonchev–Trinajstić information content (AvgIpc) is 2.48. The van der Waals surface area contributed by atoms with Crippen LogP contribution in [0, 0.1) is 12.8 Å². The van der Waals surface area contributed by atoms with Gasteiger partial charge in [0.15, 0.2) is 0 Å². The molecule has 1 amide bonds. The van der Waals surface area contributed by atoms with Gasteiger partial charge < -0.3 is 10.4 Å². The second-order valence-electron chi connectivity index (χ2n) is 6.24. The summed E-state index contributed by atoms with van der Waals surface area (Å²) in [6.45, 7) is 3.29. The Morgan fingerprint density at radius 3 is 2.38 bits per heavy atom. The van der Waals surface area contributed by atoms with Crippen molar-refractivity contribution in [2.45, 2.75) is 51.2 Å². The summed E-state index contributed by atoms with van der Waals surface area (Å²) >= 11 is 0. The van der Waals surface area contributed by atoms with Crippen molar-refractivity contribution in [3.63, 3.8) is 0 Å². The predicted molar refractivity (Wildman–Crippen MR) is 77.2 cm³/mol. The molecule has 24 heavy (non-hydrogen) atoms. The highest BCUT2D eigenvalue weighted by molar-refractivity contribution is 5.96. The van der Waals surface area contributed by atoms with Crippen LogP contribution >= 0.6 is 0 Å². The lowest BCUT2D eigenvalue weighted by Gasteiger charge is -2.36. The molecule has 1 aromatic rings. The number of carboxylic acids is 1. The first-order valence-electron chi connectivity index (χ1n) is 7.52. The molecule has 132 valence electrons. The standard InChI is InChI=1S/C15H18F3N3O3/c1-8-3-5-14(6-4-8,13(23)24)21-11(22)10-7-9(2)19-12(20-10)15(16,17)18/h7-8H,3-6H2,1-2H3,(H,21,22)(H,23,24). The molecule has 6 nitrogen and oxygen atoms in total. The van der Waals surface area contributed by atoms with Crippen molar-refractivity contribution in [2.24, 2.45) is 5.92 Å². The number of aryl methyl sites for hydroxylation is 1. The number of carbonyl (C=O) groups excluding carboxylic acids is 1. The zero-order valence-electron chi connectivity index (χ0n) is 13.3. The Morgan fingerprint density at radius 2 is 1.88 bits per heavy atom. The summed E-state index contributed by atoms with van der Waals surface area (Å²) in [5.41, 5.74) is -1.99. The van der Waals surface area contributed by atoms with Crippen LogP contribution in [0.4, 0.5) is 13.2 Å². The molecule has 1 heterocycles. The highest BCUT2D eigenvalue weighted by Gasteiger charge is 2.43. The second kappa shape index (κ2) is 6.37. The summed E-state index contributed by atoms with van der Waals surface area (Å²) in [6, 6.07) is 1.10. The number of halogens is 3. The summed E-state index contributed by atoms with van der Waals surface area (Å²) in [4.78, 5) is 30.4. The molecular formula is C15H18F3N3O3. The molecule has 0 unspecified atom stereocenters. The van der Waals surface area contributed by atoms with E-state index in [0.717, 1.165) is 6.07 Å². The summed E-state index contributed by atoms with van der Waals surface area (Å²) in [6.07, 6.45) is -3.10. The first-order chi connectivity index (χ1) is 11.0. The van der Waals surface area contributed by atoms with E-state index in [-0.39, 0.29) is 18.5 Å². The van der Waals surface area contributed by atoms with E-state index in [9.17, 15) is 27.9 Å². The number of carboxylic acid groups (broad SMARTS) is 1. The maximum Gasteiger partial charge on any atom is 0.451 e. The van der Waals surface area contributed by atoms with Gasteiger partial charge in [-0.25, -0.2) is 14.8 Å². The average molecular weight is 345 g/mol. The van der Waals surface area contributed by atoms with Crippen LogP contribution in [-0.4, -0.2) is 32.5 Å². The molecule has 1 saturated carbocycles. The highest BCUT2D eigenvalue weighted by Crippen LogP contribution is 2.32. The van der Waals surface area contributed by atoms with Gasteiger partial charge in [-0.2, -0.15) is 13.2 Å². The van der Waals surface area contributed by atoms with E-state index in [1.165, 1.54) is 6.92 Å². The summed E-state index contributed by atoms with van der Waals surface area (Å²) in [5, 5.41) is 11.9. The first kappa shape index (κ1) is 18.2. The van der Waals surface area contributed by atoms with Gasteiger partial charge in [0.2, 0.25) is 5.82 Å². The number of alkyl halides is 3. The maximum atomic E-state index is 12.8. The number of aromatic nitrogens is 2. The van der Waals surface area contributed by atoms with Crippen molar-refractivity contribution >= 4 is 11.9 Å². The zero-order valence-corrected chi connectivity index (χ0v) is 13.3. The molecule has 1 fully saturated rings. The zero-order chi connectivity index (χ0) is 18.1. The van der Waals surface area contributed by atoms with Gasteiger partial charge in [0.05, 0.1) is 0 Å². The van der Waals surface area contributed by atoms with E-state index < -0.39 is 35.1 Å². The largest absolute Gasteiger partial charge is 0.480 e. The Labute approximate surface area is 136 Å². The minimum Gasteiger partial charge on any atom is -0.480 e. The van der Waals surface area contributed by atoms with Crippen LogP contribution in [-0.2, 0) is 11.0 Å². The van der Waals surface area contributed by atoms with Gasteiger partial charge in [-0.1, -0.05) is 6.92 Å². The third-order valence-electron chi connectivity index (χ3n) is 4.23. The fourth-order valence-corrected chi connectivity index (χ4v) is 2.74. The Morgan fingerprint density at radius 1 is 1.29 bits per heavy atom. The van der Waals surface area contributed by atoms with Crippen molar-refractivity contribution < 1.29 is 27.9 Å². The molecule has 1 aliphatic carbocycles. The Hall–Kier alpha value is -2.19. The van der Waals surface area contributed by atoms with Crippen LogP contribution in [0.1, 0.15) is 54.6 Å². The fourth-order valence-electron chi connectivity index (χ4n) is 2.74. The lowest BCUT2D eigenvalue weighted by atomic mass is 9.77. The molecule has 0 saturated heterocycles. The van der Waals surface area contributed by atoms with E-state index in [4.69, 9.17) is 0 Å². The lowest BCUT2D eigenvalue weighted by Crippen LogP contribution is -2.56. The van der Waals surface area contributed by atoms with Gasteiger partial charge in [-0.3, -0.25) is 4.79 Å². The quantitative estimate of drug-likeness (QED) is 0.878. The van der Waals surface area contributed by atoms with Gasteiger partial charge in [0.25, 0.3) is 5.91 Å². The molecule has 1 aliphatic rings. The van der Waals surface area contributed by atoms with Crippen LogP contribution in [0.15, 0.2) is 6.07 Å². The molecule has 0 atom stereocenters. The number of nitrogens with zero attached hydrogens (tertiary/aromatic N) is 2. The first-order valence-corrected chi connectivity index (χ1v) is 7.52. The Balaban J connectivity index is 2.28. The SMILES string of the molecule is Cc1cc(C(=O)NC2(C(=O)O)CCC(C)CC2)nc(C(F)(F)F)n1. The summed E-state index contributed by atoms with van der Waals surface area (Å²) in [5.74, 6) is -3.21. The van der Waals surface area contributed by atoms with Crippen LogP contribution in [0.2, 0.25) is 0 Å². The van der Waals surface area contributed by atoms with Crippen molar-refractivity contribution in [2.75, 3.05) is 0 Å². The van der Waals surface area contributed by atoms with E-state index in [1.807, 2.05) is 6.92 Å². The topological polar surface area (TPSA) is 92.2 Å². The van der Waals surface area contributed by atoms with Crippen LogP contribution in [0.3, 0.4) is 0 Å². The monoisotopic (exact) mass is 345 g/mol. The number of nitrogens with one attached hydrogen (secondary N) is 1. The van der Waals surface area contributed by atoms with Gasteiger partial charge >= 0.3 is 12.1 Å². The maximum absolute atomic E-state index is 12.8. The van der Waals surface area contributed by atoms with E-state index in [2.05, 4.69) is 15.3 Å². The van der Waals surface area contributed by atoms with Gasteiger partial charge in [0, 0.05) is 5.69 Å². The molecule has 0 spiro atoms. The fraction of sp³-hybridized carbons (Fsp3) is 0.600. The molecular weight excluding hydrogens is 327 g/mol. The normalized spacial score (nSPS) is 24.5. The minimum atomic E-state index is -4.79. The number of rotatable bonds is 3. The molecule has 0 radical (unpaired) electrons. The van der Waals surface area contributed by atoms with Gasteiger partial charge in [-0.05, 0) is 44.6 Å². The third kappa shape index (κ3) is 3.82. The highest BCUT2D eigenvalue weighted by atomic mass is 19.4. The van der Waals surface area contributed by atoms with Crippen molar-refractivity contribution in [3.05, 3.63) is 23.3 Å². The van der Waals surface area contributed by atoms with Crippen molar-refractivity contribution in [3.8, 4) is 0 Å². The number of amides is 1. The molecule has 0 aliphatic heterocycles. The molecule has 9 heteroatoms. The van der Waals surface area contributed by atoms with Gasteiger partial charge in [-0.15, -0.1) is 0 Å². The van der Waals surface area contributed by atoms with E-state index in [0.29, 0.717) is 18.8 Å². The molecule has 0 bridgehead atoms. The van der Waals surface area contributed by atoms with E-state index in [1.54, 1.807) is 0 Å². The Bertz CT molecular complexity index is 653. The smallest absolute Gasteiger partial charge is 0.451 e. The molecule has 2 rings (SSSR count). The summed E-state index contributed by atoms with van der Waals surface area (Å²) in [7, 11) is 0. The summed E-state index contributed by atoms with van der Waals surface area (Å²) < 4.78 is 38.3. The number of aliphatic carboxylic acids is 1. The van der Waals surface area contributed by atoms with E-state index >= 15 is 0 Å². The van der Waals surface area contributed by atoms with Crippen LogP contribution in [0.5, 0.6) is 0 Å². The number of carbonyl (C=O) groups is 2. The van der Waals surface area contributed by atoms with Crippen molar-refractivity contribution in [1.29, 1.82) is 0 Å². The molecule has 1 aromatic heterocycles. The molecule has 0 aromatic carbocycles. The second-order valence-corrected chi connectivity index (χ2v) is 6.24.